The molecule has 0 spiro atoms. The Kier molecular flexibility index (Phi) is 5.93. The van der Waals surface area contributed by atoms with E-state index < -0.39 is 17.2 Å². The molecular weight excluding hydrogens is 452 g/mol. The summed E-state index contributed by atoms with van der Waals surface area (Å²) < 4.78 is 36.6. The van der Waals surface area contributed by atoms with Crippen LogP contribution >= 0.6 is 0 Å². The van der Waals surface area contributed by atoms with E-state index >= 15 is 0 Å². The van der Waals surface area contributed by atoms with Gasteiger partial charge in [0.15, 0.2) is 23.1 Å². The average molecular weight is 471 g/mol. The van der Waals surface area contributed by atoms with Crippen molar-refractivity contribution in [1.82, 2.24) is 14.2 Å². The molecule has 174 valence electrons. The number of ketones is 1. The zero-order valence-electron chi connectivity index (χ0n) is 18.4. The molecule has 0 bridgehead atoms. The molecule has 3 aromatic heterocycles. The van der Waals surface area contributed by atoms with Crippen molar-refractivity contribution in [3.05, 3.63) is 130 Å². The van der Waals surface area contributed by atoms with Crippen molar-refractivity contribution in [3.8, 4) is 11.5 Å². The van der Waals surface area contributed by atoms with Crippen molar-refractivity contribution in [2.24, 2.45) is 0 Å². The topological polar surface area (TPSA) is 65.6 Å². The number of pyridine rings is 2. The van der Waals surface area contributed by atoms with Crippen molar-refractivity contribution in [2.45, 2.75) is 13.0 Å². The first kappa shape index (κ1) is 22.2. The number of hydrogen-bond donors (Lipinski definition) is 0. The van der Waals surface area contributed by atoms with Gasteiger partial charge in [0.25, 0.3) is 5.56 Å². The molecule has 0 saturated heterocycles. The van der Waals surface area contributed by atoms with Gasteiger partial charge in [-0.25, -0.2) is 13.3 Å². The van der Waals surface area contributed by atoms with Gasteiger partial charge in [-0.05, 0) is 65.7 Å². The summed E-state index contributed by atoms with van der Waals surface area (Å²) in [6.07, 6.45) is 4.79. The van der Waals surface area contributed by atoms with Crippen LogP contribution in [0.4, 0.5) is 8.78 Å². The second kappa shape index (κ2) is 9.34. The maximum atomic E-state index is 14.8. The second-order valence-corrected chi connectivity index (χ2v) is 7.98. The van der Waals surface area contributed by atoms with E-state index in [9.17, 15) is 18.4 Å². The molecule has 0 atom stereocenters. The molecule has 0 saturated carbocycles. The molecule has 3 heterocycles. The molecule has 0 fully saturated rings. The Hall–Kier alpha value is -4.59. The molecule has 0 aliphatic rings. The smallest absolute Gasteiger partial charge is 0.261 e. The number of aromatic nitrogens is 3. The number of hydrogen-bond acceptors (Lipinski definition) is 4. The minimum Gasteiger partial charge on any atom is -0.452 e. The van der Waals surface area contributed by atoms with E-state index in [1.807, 2.05) is 0 Å². The number of nitrogens with zero attached hydrogens (tertiary/aromatic N) is 3. The summed E-state index contributed by atoms with van der Waals surface area (Å²) in [5, 5.41) is 4.12. The third-order valence-electron chi connectivity index (χ3n) is 5.57. The highest BCUT2D eigenvalue weighted by Crippen LogP contribution is 2.28. The van der Waals surface area contributed by atoms with Gasteiger partial charge in [-0.15, -0.1) is 0 Å². The molecule has 0 unspecified atom stereocenters. The molecule has 0 aliphatic carbocycles. The lowest BCUT2D eigenvalue weighted by atomic mass is 10.0. The van der Waals surface area contributed by atoms with E-state index in [0.717, 1.165) is 5.56 Å². The minimum absolute atomic E-state index is 0.00255. The van der Waals surface area contributed by atoms with Gasteiger partial charge in [0.1, 0.15) is 11.3 Å². The number of rotatable bonds is 7. The van der Waals surface area contributed by atoms with Crippen molar-refractivity contribution in [3.63, 3.8) is 0 Å². The van der Waals surface area contributed by atoms with Gasteiger partial charge < -0.3 is 9.30 Å². The predicted molar refractivity (Wildman–Crippen MR) is 126 cm³/mol. The van der Waals surface area contributed by atoms with Crippen molar-refractivity contribution < 1.29 is 18.3 Å². The van der Waals surface area contributed by atoms with Crippen molar-refractivity contribution in [2.75, 3.05) is 0 Å². The van der Waals surface area contributed by atoms with Crippen LogP contribution in [0.15, 0.2) is 96.2 Å². The number of Topliss-reactive ketones (excluding diaryl/α,β-unsaturated/α-hetero) is 1. The standard InChI is InChI=1S/C27H19F2N3O3/c28-20-8-5-18(6-9-20)17-31-13-1-3-21(27(31)34)24(33)16-19-7-10-25(22(29)15-19)35-26-4-2-14-32-23(26)11-12-30-32/h1-15H,16-17H2. The lowest BCUT2D eigenvalue weighted by Crippen LogP contribution is -2.26. The summed E-state index contributed by atoms with van der Waals surface area (Å²) >= 11 is 0. The SMILES string of the molecule is O=C(Cc1ccc(Oc2cccn3nccc23)c(F)c1)c1cccn(Cc2ccc(F)cc2)c1=O. The molecule has 5 rings (SSSR count). The molecular formula is C27H19F2N3O3. The number of carbonyl (C=O) groups excluding carboxylic acids is 1. The zero-order valence-corrected chi connectivity index (χ0v) is 18.4. The lowest BCUT2D eigenvalue weighted by Gasteiger charge is -2.10. The van der Waals surface area contributed by atoms with Crippen LogP contribution in [0.1, 0.15) is 21.5 Å². The summed E-state index contributed by atoms with van der Waals surface area (Å²) in [5.41, 5.74) is 1.36. The van der Waals surface area contributed by atoms with E-state index in [2.05, 4.69) is 5.10 Å². The van der Waals surface area contributed by atoms with Crippen molar-refractivity contribution in [1.29, 1.82) is 0 Å². The third kappa shape index (κ3) is 4.72. The summed E-state index contributed by atoms with van der Waals surface area (Å²) in [6, 6.07) is 18.3. The molecule has 5 aromatic rings. The first-order chi connectivity index (χ1) is 17.0. The van der Waals surface area contributed by atoms with E-state index in [1.165, 1.54) is 34.9 Å². The second-order valence-electron chi connectivity index (χ2n) is 7.98. The maximum absolute atomic E-state index is 14.8. The zero-order chi connectivity index (χ0) is 24.4. The van der Waals surface area contributed by atoms with Gasteiger partial charge in [-0.2, -0.15) is 5.10 Å². The van der Waals surface area contributed by atoms with Gasteiger partial charge in [-0.3, -0.25) is 9.59 Å². The Morgan fingerprint density at radius 1 is 0.886 bits per heavy atom. The summed E-state index contributed by atoms with van der Waals surface area (Å²) in [4.78, 5) is 25.7. The molecule has 0 radical (unpaired) electrons. The fraction of sp³-hybridized carbons (Fsp3) is 0.0741. The minimum atomic E-state index is -0.626. The molecule has 2 aromatic carbocycles. The lowest BCUT2D eigenvalue weighted by molar-refractivity contribution is 0.0991. The number of carbonyl (C=O) groups is 1. The van der Waals surface area contributed by atoms with Gasteiger partial charge in [0.2, 0.25) is 0 Å². The Labute approximate surface area is 198 Å². The highest BCUT2D eigenvalue weighted by atomic mass is 19.1. The quantitative estimate of drug-likeness (QED) is 0.312. The van der Waals surface area contributed by atoms with Gasteiger partial charge in [-0.1, -0.05) is 18.2 Å². The van der Waals surface area contributed by atoms with E-state index in [4.69, 9.17) is 4.74 Å². The Morgan fingerprint density at radius 2 is 1.66 bits per heavy atom. The normalized spacial score (nSPS) is 11.0. The largest absolute Gasteiger partial charge is 0.452 e. The van der Waals surface area contributed by atoms with Gasteiger partial charge in [0, 0.05) is 18.8 Å². The molecule has 0 amide bonds. The average Bonchev–Trinajstić information content (AvgIpc) is 3.33. The number of halogens is 2. The van der Waals surface area contributed by atoms with Gasteiger partial charge >= 0.3 is 0 Å². The Balaban J connectivity index is 1.33. The van der Waals surface area contributed by atoms with Crippen LogP contribution in [0, 0.1) is 11.6 Å². The number of benzene rings is 2. The number of fused-ring (bicyclic) bond motifs is 1. The summed E-state index contributed by atoms with van der Waals surface area (Å²) in [5.74, 6) is -0.970. The predicted octanol–water partition coefficient (Wildman–Crippen LogP) is 5.04. The Bertz CT molecular complexity index is 1590. The summed E-state index contributed by atoms with van der Waals surface area (Å²) in [6.45, 7) is 0.199. The molecule has 6 nitrogen and oxygen atoms in total. The fourth-order valence-electron chi connectivity index (χ4n) is 3.81. The molecule has 0 N–H and O–H groups in total. The van der Waals surface area contributed by atoms with Crippen LogP contribution in [-0.4, -0.2) is 20.0 Å². The third-order valence-corrected chi connectivity index (χ3v) is 5.57. The monoisotopic (exact) mass is 471 g/mol. The number of ether oxygens (including phenoxy) is 1. The molecule has 8 heteroatoms. The van der Waals surface area contributed by atoms with Crippen molar-refractivity contribution >= 4 is 11.3 Å². The molecule has 0 aliphatic heterocycles. The van der Waals surface area contributed by atoms with Crippen LogP contribution in [0.3, 0.4) is 0 Å². The molecule has 35 heavy (non-hydrogen) atoms. The van der Waals surface area contributed by atoms with Crippen LogP contribution in [0.25, 0.3) is 5.52 Å². The van der Waals surface area contributed by atoms with Crippen LogP contribution in [0.2, 0.25) is 0 Å². The summed E-state index contributed by atoms with van der Waals surface area (Å²) in [7, 11) is 0. The van der Waals surface area contributed by atoms with Gasteiger partial charge in [0.05, 0.1) is 18.3 Å². The van der Waals surface area contributed by atoms with Crippen LogP contribution in [-0.2, 0) is 13.0 Å². The Morgan fingerprint density at radius 3 is 2.46 bits per heavy atom. The van der Waals surface area contributed by atoms with Crippen LogP contribution in [0.5, 0.6) is 11.5 Å². The van der Waals surface area contributed by atoms with E-state index in [1.54, 1.807) is 65.6 Å². The first-order valence-corrected chi connectivity index (χ1v) is 10.8. The highest BCUT2D eigenvalue weighted by Gasteiger charge is 2.15. The first-order valence-electron chi connectivity index (χ1n) is 10.8. The fourth-order valence-corrected chi connectivity index (χ4v) is 3.81. The van der Waals surface area contributed by atoms with E-state index in [0.29, 0.717) is 16.8 Å². The van der Waals surface area contributed by atoms with Crippen LogP contribution < -0.4 is 10.3 Å². The van der Waals surface area contributed by atoms with E-state index in [-0.39, 0.29) is 30.1 Å². The maximum Gasteiger partial charge on any atom is 0.261 e. The highest BCUT2D eigenvalue weighted by molar-refractivity contribution is 5.97.